The van der Waals surface area contributed by atoms with Gasteiger partial charge in [0.05, 0.1) is 5.39 Å². The average molecular weight is 330 g/mol. The lowest BCUT2D eigenvalue weighted by atomic mass is 9.93. The fraction of sp³-hybridized carbons (Fsp3) is 0. The summed E-state index contributed by atoms with van der Waals surface area (Å²) in [4.78, 5) is 0. The predicted molar refractivity (Wildman–Crippen MR) is 110 cm³/mol. The van der Waals surface area contributed by atoms with Crippen LogP contribution in [-0.4, -0.2) is 0 Å². The van der Waals surface area contributed by atoms with Crippen LogP contribution in [0.15, 0.2) is 97.3 Å². The zero-order chi connectivity index (χ0) is 17.1. The SMILES string of the molecule is c1ccc2c(c1)ccc1ccc3ccc4cc[n+]5ccccc5c4c3c12. The molecule has 0 N–H and O–H groups in total. The first-order valence-corrected chi connectivity index (χ1v) is 8.96. The van der Waals surface area contributed by atoms with Crippen LogP contribution in [0.4, 0.5) is 0 Å². The van der Waals surface area contributed by atoms with Crippen molar-refractivity contribution in [2.75, 3.05) is 0 Å². The van der Waals surface area contributed by atoms with Crippen LogP contribution in [0.2, 0.25) is 0 Å². The minimum absolute atomic E-state index is 1.25. The van der Waals surface area contributed by atoms with E-state index < -0.39 is 0 Å². The van der Waals surface area contributed by atoms with Crippen LogP contribution in [0.1, 0.15) is 0 Å². The lowest BCUT2D eigenvalue weighted by Gasteiger charge is -2.10. The molecule has 120 valence electrons. The van der Waals surface area contributed by atoms with Crippen LogP contribution in [-0.2, 0) is 0 Å². The molecule has 0 aliphatic carbocycles. The molecule has 6 aromatic rings. The maximum atomic E-state index is 2.25. The number of aromatic nitrogens is 1. The number of pyridine rings is 2. The molecule has 0 fully saturated rings. The van der Waals surface area contributed by atoms with Crippen molar-refractivity contribution in [3.05, 3.63) is 97.3 Å². The summed E-state index contributed by atoms with van der Waals surface area (Å²) in [6, 6.07) is 30.8. The number of hydrogen-bond donors (Lipinski definition) is 0. The molecule has 0 atom stereocenters. The molecule has 0 amide bonds. The van der Waals surface area contributed by atoms with Gasteiger partial charge in [0, 0.05) is 23.6 Å². The number of hydrogen-bond acceptors (Lipinski definition) is 0. The van der Waals surface area contributed by atoms with Gasteiger partial charge in [-0.3, -0.25) is 0 Å². The molecule has 0 bridgehead atoms. The van der Waals surface area contributed by atoms with Crippen molar-refractivity contribution < 1.29 is 4.40 Å². The molecule has 2 aromatic heterocycles. The Morgan fingerprint density at radius 3 is 1.92 bits per heavy atom. The van der Waals surface area contributed by atoms with E-state index in [4.69, 9.17) is 0 Å². The van der Waals surface area contributed by atoms with E-state index in [1.807, 2.05) is 0 Å². The topological polar surface area (TPSA) is 4.10 Å². The van der Waals surface area contributed by atoms with Gasteiger partial charge < -0.3 is 0 Å². The van der Waals surface area contributed by atoms with Crippen molar-refractivity contribution in [3.63, 3.8) is 0 Å². The van der Waals surface area contributed by atoms with Gasteiger partial charge in [0.1, 0.15) is 0 Å². The number of fused-ring (bicyclic) bond motifs is 9. The average Bonchev–Trinajstić information content (AvgIpc) is 2.72. The van der Waals surface area contributed by atoms with E-state index in [-0.39, 0.29) is 0 Å². The van der Waals surface area contributed by atoms with Gasteiger partial charge in [-0.05, 0) is 38.4 Å². The lowest BCUT2D eigenvalue weighted by Crippen LogP contribution is -2.19. The van der Waals surface area contributed by atoms with Gasteiger partial charge in [-0.25, -0.2) is 0 Å². The molecule has 1 heteroatoms. The summed E-state index contributed by atoms with van der Waals surface area (Å²) in [6.07, 6.45) is 4.27. The highest BCUT2D eigenvalue weighted by molar-refractivity contribution is 6.29. The van der Waals surface area contributed by atoms with E-state index in [2.05, 4.69) is 102 Å². The Morgan fingerprint density at radius 2 is 1.08 bits per heavy atom. The Hall–Kier alpha value is -3.45. The highest BCUT2D eigenvalue weighted by Crippen LogP contribution is 2.37. The first kappa shape index (κ1) is 13.8. The highest BCUT2D eigenvalue weighted by atomic mass is 14.8. The lowest BCUT2D eigenvalue weighted by molar-refractivity contribution is -0.510. The molecule has 0 saturated carbocycles. The first-order chi connectivity index (χ1) is 12.9. The van der Waals surface area contributed by atoms with Crippen molar-refractivity contribution in [2.24, 2.45) is 0 Å². The molecule has 2 heterocycles. The molecule has 26 heavy (non-hydrogen) atoms. The van der Waals surface area contributed by atoms with Crippen LogP contribution in [0, 0.1) is 0 Å². The van der Waals surface area contributed by atoms with Crippen molar-refractivity contribution >= 4 is 48.6 Å². The van der Waals surface area contributed by atoms with Crippen molar-refractivity contribution in [1.82, 2.24) is 0 Å². The van der Waals surface area contributed by atoms with E-state index in [1.54, 1.807) is 0 Å². The fourth-order valence-corrected chi connectivity index (χ4v) is 4.30. The second-order valence-electron chi connectivity index (χ2n) is 6.89. The summed E-state index contributed by atoms with van der Waals surface area (Å²) in [6.45, 7) is 0. The maximum Gasteiger partial charge on any atom is 0.219 e. The second-order valence-corrected chi connectivity index (χ2v) is 6.89. The maximum absolute atomic E-state index is 2.25. The van der Waals surface area contributed by atoms with Gasteiger partial charge in [-0.1, -0.05) is 60.7 Å². The Labute approximate surface area is 150 Å². The minimum Gasteiger partial charge on any atom is -0.167 e. The fourth-order valence-electron chi connectivity index (χ4n) is 4.30. The predicted octanol–water partition coefficient (Wildman–Crippen LogP) is 6.04. The first-order valence-electron chi connectivity index (χ1n) is 8.96. The van der Waals surface area contributed by atoms with Crippen molar-refractivity contribution in [1.29, 1.82) is 0 Å². The third-order valence-electron chi connectivity index (χ3n) is 5.48. The number of nitrogens with zero attached hydrogens (tertiary/aromatic N) is 1. The summed E-state index contributed by atoms with van der Waals surface area (Å²) >= 11 is 0. The smallest absolute Gasteiger partial charge is 0.167 e. The Morgan fingerprint density at radius 1 is 0.423 bits per heavy atom. The van der Waals surface area contributed by atoms with E-state index >= 15 is 0 Å². The van der Waals surface area contributed by atoms with Gasteiger partial charge in [0.2, 0.25) is 5.52 Å². The van der Waals surface area contributed by atoms with Gasteiger partial charge in [-0.15, -0.1) is 0 Å². The minimum atomic E-state index is 1.25. The highest BCUT2D eigenvalue weighted by Gasteiger charge is 2.14. The molecule has 1 nitrogen and oxygen atoms in total. The summed E-state index contributed by atoms with van der Waals surface area (Å²) < 4.78 is 2.21. The molecule has 0 saturated heterocycles. The van der Waals surface area contributed by atoms with Gasteiger partial charge >= 0.3 is 0 Å². The van der Waals surface area contributed by atoms with E-state index in [0.717, 1.165) is 0 Å². The standard InChI is InChI=1S/C25H16N/c1-2-6-21-17(5-1)8-9-18-10-11-19-12-13-20-14-16-26-15-4-3-7-22(26)24(20)25(19)23(18)21/h1-16H/q+1. The normalized spacial score (nSPS) is 11.8. The van der Waals surface area contributed by atoms with E-state index in [0.29, 0.717) is 0 Å². The van der Waals surface area contributed by atoms with Gasteiger partial charge in [0.25, 0.3) is 0 Å². The third-order valence-corrected chi connectivity index (χ3v) is 5.48. The molecule has 4 aromatic carbocycles. The van der Waals surface area contributed by atoms with Crippen LogP contribution in [0.3, 0.4) is 0 Å². The van der Waals surface area contributed by atoms with Crippen LogP contribution < -0.4 is 4.40 Å². The third kappa shape index (κ3) is 1.77. The molecular weight excluding hydrogens is 314 g/mol. The molecule has 0 unspecified atom stereocenters. The van der Waals surface area contributed by atoms with Crippen molar-refractivity contribution in [2.45, 2.75) is 0 Å². The molecule has 0 aliphatic rings. The summed E-state index contributed by atoms with van der Waals surface area (Å²) in [5, 5.41) is 10.5. The molecule has 0 aliphatic heterocycles. The number of rotatable bonds is 0. The monoisotopic (exact) mass is 330 g/mol. The van der Waals surface area contributed by atoms with E-state index in [1.165, 1.54) is 48.6 Å². The Balaban J connectivity index is 2.03. The molecular formula is C25H16N+. The number of benzene rings is 4. The molecule has 6 rings (SSSR count). The van der Waals surface area contributed by atoms with E-state index in [9.17, 15) is 0 Å². The largest absolute Gasteiger partial charge is 0.219 e. The second kappa shape index (κ2) is 5.03. The Kier molecular flexibility index (Phi) is 2.67. The van der Waals surface area contributed by atoms with Crippen molar-refractivity contribution in [3.8, 4) is 0 Å². The summed E-state index contributed by atoms with van der Waals surface area (Å²) in [5.74, 6) is 0. The molecule has 0 radical (unpaired) electrons. The van der Waals surface area contributed by atoms with Gasteiger partial charge in [0.15, 0.2) is 12.4 Å². The zero-order valence-corrected chi connectivity index (χ0v) is 14.2. The van der Waals surface area contributed by atoms with Crippen LogP contribution in [0.25, 0.3) is 48.6 Å². The Bertz CT molecular complexity index is 1360. The molecule has 0 spiro atoms. The van der Waals surface area contributed by atoms with Crippen LogP contribution >= 0.6 is 0 Å². The van der Waals surface area contributed by atoms with Gasteiger partial charge in [-0.2, -0.15) is 4.40 Å². The quantitative estimate of drug-likeness (QED) is 0.236. The summed E-state index contributed by atoms with van der Waals surface area (Å²) in [7, 11) is 0. The zero-order valence-electron chi connectivity index (χ0n) is 14.2. The van der Waals surface area contributed by atoms with Crippen LogP contribution in [0.5, 0.6) is 0 Å². The summed E-state index contributed by atoms with van der Waals surface area (Å²) in [5.41, 5.74) is 1.25.